The van der Waals surface area contributed by atoms with Gasteiger partial charge in [-0.1, -0.05) is 0 Å². The van der Waals surface area contributed by atoms with Crippen LogP contribution in [0.25, 0.3) is 0 Å². The number of amides is 2. The Kier molecular flexibility index (Phi) is 4.49. The number of aromatic nitrogens is 2. The fourth-order valence-electron chi connectivity index (χ4n) is 1.62. The van der Waals surface area contributed by atoms with Gasteiger partial charge in [0.15, 0.2) is 0 Å². The van der Waals surface area contributed by atoms with Crippen molar-refractivity contribution in [2.75, 3.05) is 6.61 Å². The fraction of sp³-hybridized carbons (Fsp3) is 0.214. The lowest BCUT2D eigenvalue weighted by Gasteiger charge is -2.07. The van der Waals surface area contributed by atoms with Crippen LogP contribution in [0.4, 0.5) is 0 Å². The zero-order valence-electron chi connectivity index (χ0n) is 11.1. The molecule has 0 saturated carbocycles. The number of imidazole rings is 1. The minimum atomic E-state index is -0.414. The largest absolute Gasteiger partial charge is 0.492 e. The van der Waals surface area contributed by atoms with E-state index in [1.54, 1.807) is 36.8 Å². The van der Waals surface area contributed by atoms with Crippen molar-refractivity contribution < 1.29 is 14.3 Å². The molecule has 20 heavy (non-hydrogen) atoms. The third-order valence-electron chi connectivity index (χ3n) is 2.58. The van der Waals surface area contributed by atoms with Gasteiger partial charge in [0.05, 0.1) is 12.9 Å². The summed E-state index contributed by atoms with van der Waals surface area (Å²) in [6, 6.07) is 6.63. The molecule has 2 rings (SSSR count). The van der Waals surface area contributed by atoms with Crippen molar-refractivity contribution in [1.29, 1.82) is 0 Å². The molecule has 0 aliphatic heterocycles. The molecule has 0 spiro atoms. The van der Waals surface area contributed by atoms with Crippen LogP contribution in [0.5, 0.6) is 5.75 Å². The Hall–Kier alpha value is -2.63. The van der Waals surface area contributed by atoms with E-state index in [9.17, 15) is 9.59 Å². The average molecular weight is 273 g/mol. The second-order valence-corrected chi connectivity index (χ2v) is 4.18. The molecule has 0 saturated heterocycles. The van der Waals surface area contributed by atoms with Crippen LogP contribution >= 0.6 is 0 Å². The van der Waals surface area contributed by atoms with E-state index in [1.165, 1.54) is 6.92 Å². The zero-order valence-corrected chi connectivity index (χ0v) is 11.1. The van der Waals surface area contributed by atoms with Gasteiger partial charge in [-0.3, -0.25) is 14.9 Å². The molecule has 0 fully saturated rings. The Morgan fingerprint density at radius 3 is 2.65 bits per heavy atom. The molecule has 1 heterocycles. The van der Waals surface area contributed by atoms with E-state index >= 15 is 0 Å². The van der Waals surface area contributed by atoms with E-state index in [1.807, 2.05) is 10.8 Å². The smallest absolute Gasteiger partial charge is 0.257 e. The predicted octanol–water partition coefficient (Wildman–Crippen LogP) is 1.24. The van der Waals surface area contributed by atoms with E-state index in [0.717, 1.165) is 0 Å². The first-order valence-corrected chi connectivity index (χ1v) is 6.15. The van der Waals surface area contributed by atoms with Crippen LogP contribution < -0.4 is 10.1 Å². The SMILES string of the molecule is CC(=O)NC(=O)c1ccc(OCCn2ccnc2)cc1. The van der Waals surface area contributed by atoms with Gasteiger partial charge < -0.3 is 9.30 Å². The van der Waals surface area contributed by atoms with E-state index in [-0.39, 0.29) is 5.91 Å². The number of hydrogen-bond acceptors (Lipinski definition) is 4. The molecular weight excluding hydrogens is 258 g/mol. The number of hydrogen-bond donors (Lipinski definition) is 1. The van der Waals surface area contributed by atoms with Crippen molar-refractivity contribution in [2.45, 2.75) is 13.5 Å². The van der Waals surface area contributed by atoms with Crippen molar-refractivity contribution in [1.82, 2.24) is 14.9 Å². The summed E-state index contributed by atoms with van der Waals surface area (Å²) in [5.41, 5.74) is 0.419. The van der Waals surface area contributed by atoms with Crippen LogP contribution in [0.15, 0.2) is 43.0 Å². The highest BCUT2D eigenvalue weighted by atomic mass is 16.5. The molecule has 2 amide bonds. The maximum atomic E-state index is 11.6. The summed E-state index contributed by atoms with van der Waals surface area (Å²) in [5.74, 6) is -0.123. The first-order chi connectivity index (χ1) is 9.65. The molecule has 6 heteroatoms. The van der Waals surface area contributed by atoms with Crippen LogP contribution in [0.1, 0.15) is 17.3 Å². The van der Waals surface area contributed by atoms with Crippen LogP contribution in [-0.4, -0.2) is 28.0 Å². The van der Waals surface area contributed by atoms with Gasteiger partial charge in [0.1, 0.15) is 12.4 Å². The highest BCUT2D eigenvalue weighted by Crippen LogP contribution is 2.12. The fourth-order valence-corrected chi connectivity index (χ4v) is 1.62. The molecule has 0 aliphatic rings. The molecule has 0 aliphatic carbocycles. The van der Waals surface area contributed by atoms with Gasteiger partial charge in [-0.15, -0.1) is 0 Å². The van der Waals surface area contributed by atoms with Crippen LogP contribution in [0.3, 0.4) is 0 Å². The Balaban J connectivity index is 1.85. The summed E-state index contributed by atoms with van der Waals surface area (Å²) >= 11 is 0. The van der Waals surface area contributed by atoms with Gasteiger partial charge in [-0.25, -0.2) is 4.98 Å². The van der Waals surface area contributed by atoms with Gasteiger partial charge in [0, 0.05) is 24.9 Å². The molecule has 1 aromatic carbocycles. The maximum Gasteiger partial charge on any atom is 0.257 e. The normalized spacial score (nSPS) is 10.1. The Morgan fingerprint density at radius 2 is 2.05 bits per heavy atom. The molecule has 0 atom stereocenters. The van der Waals surface area contributed by atoms with Crippen molar-refractivity contribution >= 4 is 11.8 Å². The number of carbonyl (C=O) groups excluding carboxylic acids is 2. The first-order valence-electron chi connectivity index (χ1n) is 6.15. The number of imide groups is 1. The second kappa shape index (κ2) is 6.51. The highest BCUT2D eigenvalue weighted by Gasteiger charge is 2.06. The molecule has 6 nitrogen and oxygen atoms in total. The lowest BCUT2D eigenvalue weighted by atomic mass is 10.2. The standard InChI is InChI=1S/C14H15N3O3/c1-11(18)16-14(19)12-2-4-13(5-3-12)20-9-8-17-7-6-15-10-17/h2-7,10H,8-9H2,1H3,(H,16,18,19). The molecule has 1 aromatic heterocycles. The van der Waals surface area contributed by atoms with Gasteiger partial charge >= 0.3 is 0 Å². The molecule has 1 N–H and O–H groups in total. The summed E-state index contributed by atoms with van der Waals surface area (Å²) < 4.78 is 7.46. The number of nitrogens with one attached hydrogen (secondary N) is 1. The lowest BCUT2D eigenvalue weighted by molar-refractivity contribution is -0.118. The van der Waals surface area contributed by atoms with Crippen LogP contribution in [0.2, 0.25) is 0 Å². The number of nitrogens with zero attached hydrogens (tertiary/aromatic N) is 2. The van der Waals surface area contributed by atoms with Gasteiger partial charge in [-0.05, 0) is 24.3 Å². The third-order valence-corrected chi connectivity index (χ3v) is 2.58. The average Bonchev–Trinajstić information content (AvgIpc) is 2.92. The molecule has 2 aromatic rings. The molecule has 0 bridgehead atoms. The summed E-state index contributed by atoms with van der Waals surface area (Å²) in [6.45, 7) is 2.51. The number of rotatable bonds is 5. The van der Waals surface area contributed by atoms with Crippen molar-refractivity contribution in [3.8, 4) is 5.75 Å². The van der Waals surface area contributed by atoms with Gasteiger partial charge in [0.2, 0.25) is 5.91 Å². The van der Waals surface area contributed by atoms with Crippen LogP contribution in [0, 0.1) is 0 Å². The van der Waals surface area contributed by atoms with E-state index < -0.39 is 5.91 Å². The summed E-state index contributed by atoms with van der Waals surface area (Å²) in [6.07, 6.45) is 5.29. The van der Waals surface area contributed by atoms with Gasteiger partial charge in [-0.2, -0.15) is 0 Å². The Labute approximate surface area is 116 Å². The zero-order chi connectivity index (χ0) is 14.4. The molecule has 104 valence electrons. The lowest BCUT2D eigenvalue weighted by Crippen LogP contribution is -2.27. The molecule has 0 radical (unpaired) electrons. The topological polar surface area (TPSA) is 73.2 Å². The minimum Gasteiger partial charge on any atom is -0.492 e. The summed E-state index contributed by atoms with van der Waals surface area (Å²) in [7, 11) is 0. The second-order valence-electron chi connectivity index (χ2n) is 4.18. The maximum absolute atomic E-state index is 11.6. The minimum absolute atomic E-state index is 0.379. The van der Waals surface area contributed by atoms with E-state index in [4.69, 9.17) is 4.74 Å². The van der Waals surface area contributed by atoms with Crippen molar-refractivity contribution in [2.24, 2.45) is 0 Å². The quantitative estimate of drug-likeness (QED) is 0.889. The van der Waals surface area contributed by atoms with E-state index in [2.05, 4.69) is 10.3 Å². The van der Waals surface area contributed by atoms with Crippen molar-refractivity contribution in [3.05, 3.63) is 48.5 Å². The van der Waals surface area contributed by atoms with E-state index in [0.29, 0.717) is 24.5 Å². The van der Waals surface area contributed by atoms with Gasteiger partial charge in [0.25, 0.3) is 5.91 Å². The summed E-state index contributed by atoms with van der Waals surface area (Å²) in [4.78, 5) is 26.3. The first kappa shape index (κ1) is 13.8. The van der Waals surface area contributed by atoms with Crippen LogP contribution in [-0.2, 0) is 11.3 Å². The predicted molar refractivity (Wildman–Crippen MR) is 72.3 cm³/mol. The highest BCUT2D eigenvalue weighted by molar-refractivity contribution is 6.04. The third kappa shape index (κ3) is 3.94. The number of benzene rings is 1. The Morgan fingerprint density at radius 1 is 1.30 bits per heavy atom. The Bertz CT molecular complexity index is 576. The number of ether oxygens (including phenoxy) is 1. The number of carbonyl (C=O) groups is 2. The molecular formula is C14H15N3O3. The summed E-state index contributed by atoms with van der Waals surface area (Å²) in [5, 5.41) is 2.21. The van der Waals surface area contributed by atoms with Crippen molar-refractivity contribution in [3.63, 3.8) is 0 Å². The molecule has 0 unspecified atom stereocenters. The monoisotopic (exact) mass is 273 g/mol.